The molecule has 0 bridgehead atoms. The van der Waals surface area contributed by atoms with Crippen LogP contribution in [0.15, 0.2) is 10.7 Å². The molecule has 0 spiro atoms. The first-order valence-electron chi connectivity index (χ1n) is 7.06. The molecule has 1 fully saturated rings. The third-order valence-corrected chi connectivity index (χ3v) is 4.06. The maximum absolute atomic E-state index is 11.0. The highest BCUT2D eigenvalue weighted by molar-refractivity contribution is 5.87. The summed E-state index contributed by atoms with van der Waals surface area (Å²) in [5, 5.41) is 11.9. The second kappa shape index (κ2) is 5.14. The Hall–Kier alpha value is -2.33. The summed E-state index contributed by atoms with van der Waals surface area (Å²) in [6.07, 6.45) is 2.77. The van der Waals surface area contributed by atoms with Gasteiger partial charge in [-0.3, -0.25) is 9.69 Å². The third-order valence-electron chi connectivity index (χ3n) is 4.06. The number of carbonyl (C=O) groups is 1. The number of piperidine rings is 1. The van der Waals surface area contributed by atoms with Crippen LogP contribution in [0.1, 0.15) is 34.7 Å². The van der Waals surface area contributed by atoms with E-state index < -0.39 is 5.91 Å². The van der Waals surface area contributed by atoms with Crippen molar-refractivity contribution in [3.8, 4) is 0 Å². The van der Waals surface area contributed by atoms with Crippen molar-refractivity contribution >= 4 is 5.91 Å². The number of aromatic nitrogens is 5. The van der Waals surface area contributed by atoms with Gasteiger partial charge in [-0.05, 0) is 6.42 Å². The average molecular weight is 305 g/mol. The van der Waals surface area contributed by atoms with Gasteiger partial charge in [-0.2, -0.15) is 4.98 Å². The molecule has 2 aliphatic heterocycles. The van der Waals surface area contributed by atoms with Gasteiger partial charge in [0.1, 0.15) is 0 Å². The lowest BCUT2D eigenvalue weighted by Gasteiger charge is -2.40. The lowest BCUT2D eigenvalue weighted by Crippen LogP contribution is -2.47. The molecule has 0 aromatic carbocycles. The number of hydrogen-bond donors (Lipinski definition) is 1. The summed E-state index contributed by atoms with van der Waals surface area (Å²) in [5.41, 5.74) is 6.09. The average Bonchev–Trinajstić information content (AvgIpc) is 3.15. The Balaban J connectivity index is 1.48. The Labute approximate surface area is 125 Å². The third kappa shape index (κ3) is 2.25. The quantitative estimate of drug-likeness (QED) is 0.773. The maximum Gasteiger partial charge on any atom is 0.315 e. The molecule has 116 valence electrons. The van der Waals surface area contributed by atoms with Crippen LogP contribution < -0.4 is 5.73 Å². The van der Waals surface area contributed by atoms with Crippen molar-refractivity contribution in [2.75, 3.05) is 13.1 Å². The van der Waals surface area contributed by atoms with Crippen LogP contribution in [0.2, 0.25) is 0 Å². The highest BCUT2D eigenvalue weighted by atomic mass is 16.5. The van der Waals surface area contributed by atoms with Gasteiger partial charge in [0.05, 0.1) is 37.2 Å². The van der Waals surface area contributed by atoms with E-state index in [1.54, 1.807) is 6.20 Å². The van der Waals surface area contributed by atoms with E-state index in [-0.39, 0.29) is 18.0 Å². The van der Waals surface area contributed by atoms with Gasteiger partial charge in [0.15, 0.2) is 5.82 Å². The van der Waals surface area contributed by atoms with Gasteiger partial charge in [-0.15, -0.1) is 5.10 Å². The largest absolute Gasteiger partial charge is 0.370 e. The summed E-state index contributed by atoms with van der Waals surface area (Å²) in [6, 6.07) is 0.127. The van der Waals surface area contributed by atoms with Crippen LogP contribution in [-0.4, -0.2) is 55.1 Å². The van der Waals surface area contributed by atoms with E-state index in [1.165, 1.54) is 0 Å². The Morgan fingerprint density at radius 2 is 2.41 bits per heavy atom. The molecule has 0 aliphatic carbocycles. The number of likely N-dealkylation sites (tertiary alicyclic amines) is 1. The molecule has 0 radical (unpaired) electrons. The fourth-order valence-electron chi connectivity index (χ4n) is 3.01. The topological polar surface area (TPSA) is 125 Å². The molecule has 4 rings (SSSR count). The summed E-state index contributed by atoms with van der Waals surface area (Å²) < 4.78 is 12.6. The van der Waals surface area contributed by atoms with E-state index in [4.69, 9.17) is 15.0 Å². The first-order chi connectivity index (χ1) is 10.7. The second-order valence-electron chi connectivity index (χ2n) is 5.49. The van der Waals surface area contributed by atoms with Crippen LogP contribution in [0, 0.1) is 0 Å². The highest BCUT2D eigenvalue weighted by Gasteiger charge is 2.36. The molecular formula is C12H15N7O3. The molecule has 2 aromatic rings. The lowest BCUT2D eigenvalue weighted by atomic mass is 10.0. The van der Waals surface area contributed by atoms with Gasteiger partial charge >= 0.3 is 11.8 Å². The molecule has 2 aliphatic rings. The number of primary amides is 1. The Morgan fingerprint density at radius 3 is 3.23 bits per heavy atom. The molecule has 1 saturated heterocycles. The van der Waals surface area contributed by atoms with Crippen LogP contribution in [0.3, 0.4) is 0 Å². The standard InChI is InChI=1S/C12H15N7O3/c13-11(20)12-15-10(16-22-12)5-18-2-1-9-8(4-18)19-7(6-21-9)3-14-17-19/h3,8-9H,1-2,4-6H2,(H2,13,20)/t8-,9-/m1/s1. The maximum atomic E-state index is 11.0. The molecular weight excluding hydrogens is 290 g/mol. The van der Waals surface area contributed by atoms with Crippen molar-refractivity contribution in [2.24, 2.45) is 5.73 Å². The minimum atomic E-state index is -0.717. The van der Waals surface area contributed by atoms with Crippen LogP contribution >= 0.6 is 0 Å². The minimum Gasteiger partial charge on any atom is -0.370 e. The lowest BCUT2D eigenvalue weighted by molar-refractivity contribution is -0.0673. The number of amides is 1. The van der Waals surface area contributed by atoms with Crippen LogP contribution in [0.25, 0.3) is 0 Å². The zero-order valence-corrected chi connectivity index (χ0v) is 11.8. The van der Waals surface area contributed by atoms with Crippen molar-refractivity contribution in [3.63, 3.8) is 0 Å². The molecule has 1 amide bonds. The van der Waals surface area contributed by atoms with Crippen molar-refractivity contribution < 1.29 is 14.1 Å². The highest BCUT2D eigenvalue weighted by Crippen LogP contribution is 2.30. The number of hydrogen-bond acceptors (Lipinski definition) is 8. The number of carbonyl (C=O) groups excluding carboxylic acids is 1. The zero-order valence-electron chi connectivity index (χ0n) is 11.8. The smallest absolute Gasteiger partial charge is 0.315 e. The Morgan fingerprint density at radius 1 is 1.50 bits per heavy atom. The van der Waals surface area contributed by atoms with Crippen molar-refractivity contribution in [3.05, 3.63) is 23.6 Å². The van der Waals surface area contributed by atoms with E-state index in [2.05, 4.69) is 25.4 Å². The molecule has 10 nitrogen and oxygen atoms in total. The van der Waals surface area contributed by atoms with Crippen LogP contribution in [0.5, 0.6) is 0 Å². The first kappa shape index (κ1) is 13.3. The van der Waals surface area contributed by atoms with E-state index in [0.717, 1.165) is 25.2 Å². The predicted octanol–water partition coefficient (Wildman–Crippen LogP) is -0.894. The van der Waals surface area contributed by atoms with Crippen molar-refractivity contribution in [2.45, 2.75) is 31.7 Å². The molecule has 2 N–H and O–H groups in total. The fraction of sp³-hybridized carbons (Fsp3) is 0.583. The summed E-state index contributed by atoms with van der Waals surface area (Å²) >= 11 is 0. The summed E-state index contributed by atoms with van der Waals surface area (Å²) in [6.45, 7) is 2.65. The van der Waals surface area contributed by atoms with Gasteiger partial charge in [-0.1, -0.05) is 10.4 Å². The van der Waals surface area contributed by atoms with E-state index in [1.807, 2.05) is 4.68 Å². The van der Waals surface area contributed by atoms with E-state index >= 15 is 0 Å². The summed E-state index contributed by atoms with van der Waals surface area (Å²) in [4.78, 5) is 17.1. The molecule has 0 saturated carbocycles. The SMILES string of the molecule is NC(=O)c1nc(CN2CC[C@H]3OCc4cnnn4[C@@H]3C2)no1. The van der Waals surface area contributed by atoms with Gasteiger partial charge in [0, 0.05) is 13.1 Å². The van der Waals surface area contributed by atoms with Crippen molar-refractivity contribution in [1.82, 2.24) is 30.0 Å². The fourth-order valence-corrected chi connectivity index (χ4v) is 3.01. The zero-order chi connectivity index (χ0) is 15.1. The monoisotopic (exact) mass is 305 g/mol. The minimum absolute atomic E-state index is 0.127. The molecule has 0 unspecified atom stereocenters. The van der Waals surface area contributed by atoms with Gasteiger partial charge in [0.25, 0.3) is 0 Å². The molecule has 22 heavy (non-hydrogen) atoms. The number of nitrogens with two attached hydrogens (primary N) is 1. The Bertz CT molecular complexity index is 696. The van der Waals surface area contributed by atoms with Gasteiger partial charge < -0.3 is 15.0 Å². The molecule has 10 heteroatoms. The molecule has 2 atom stereocenters. The number of rotatable bonds is 3. The summed E-state index contributed by atoms with van der Waals surface area (Å²) in [5.74, 6) is -0.433. The van der Waals surface area contributed by atoms with Gasteiger partial charge in [-0.25, -0.2) is 4.68 Å². The summed E-state index contributed by atoms with van der Waals surface area (Å²) in [7, 11) is 0. The number of nitrogens with zero attached hydrogens (tertiary/aromatic N) is 6. The second-order valence-corrected chi connectivity index (χ2v) is 5.49. The molecule has 2 aromatic heterocycles. The van der Waals surface area contributed by atoms with Crippen LogP contribution in [0.4, 0.5) is 0 Å². The normalized spacial score (nSPS) is 24.7. The van der Waals surface area contributed by atoms with Crippen LogP contribution in [-0.2, 0) is 17.9 Å². The van der Waals surface area contributed by atoms with Crippen molar-refractivity contribution in [1.29, 1.82) is 0 Å². The van der Waals surface area contributed by atoms with E-state index in [9.17, 15) is 4.79 Å². The molecule has 4 heterocycles. The van der Waals surface area contributed by atoms with Gasteiger partial charge in [0.2, 0.25) is 0 Å². The van der Waals surface area contributed by atoms with E-state index in [0.29, 0.717) is 19.0 Å². The Kier molecular flexibility index (Phi) is 3.12. The predicted molar refractivity (Wildman–Crippen MR) is 70.3 cm³/mol. The number of ether oxygens (including phenoxy) is 1. The first-order valence-corrected chi connectivity index (χ1v) is 7.06. The number of fused-ring (bicyclic) bond motifs is 3.